The number of nitrogens with zero attached hydrogens (tertiary/aromatic N) is 3. The van der Waals surface area contributed by atoms with E-state index in [0.717, 1.165) is 25.1 Å². The molecule has 0 radical (unpaired) electrons. The summed E-state index contributed by atoms with van der Waals surface area (Å²) in [7, 11) is 0. The number of benzene rings is 1. The molecule has 1 aromatic carbocycles. The zero-order chi connectivity index (χ0) is 15.3. The van der Waals surface area contributed by atoms with Gasteiger partial charge in [-0.2, -0.15) is 0 Å². The van der Waals surface area contributed by atoms with Crippen molar-refractivity contribution in [2.45, 2.75) is 25.8 Å². The van der Waals surface area contributed by atoms with Gasteiger partial charge in [-0.05, 0) is 31.0 Å². The Morgan fingerprint density at radius 1 is 1.18 bits per heavy atom. The summed E-state index contributed by atoms with van der Waals surface area (Å²) in [4.78, 5) is 24.6. The minimum absolute atomic E-state index is 0.0662. The molecule has 0 unspecified atom stereocenters. The fraction of sp³-hybridized carbons (Fsp3) is 0.267. The minimum Gasteiger partial charge on any atom is -0.332 e. The van der Waals surface area contributed by atoms with Crippen LogP contribution in [0.3, 0.4) is 0 Å². The van der Waals surface area contributed by atoms with E-state index in [-0.39, 0.29) is 5.56 Å². The van der Waals surface area contributed by atoms with E-state index in [1.54, 1.807) is 22.8 Å². The Morgan fingerprint density at radius 3 is 2.86 bits per heavy atom. The molecule has 0 saturated heterocycles. The van der Waals surface area contributed by atoms with Gasteiger partial charge in [0.25, 0.3) is 5.56 Å². The van der Waals surface area contributed by atoms with Crippen LogP contribution in [0.1, 0.15) is 18.7 Å². The number of halogens is 2. The molecule has 1 aliphatic rings. The lowest BCUT2D eigenvalue weighted by Crippen LogP contribution is -2.28. The monoisotopic (exact) mass is 334 g/mol. The summed E-state index contributed by atoms with van der Waals surface area (Å²) in [6.45, 7) is 0.715. The second kappa shape index (κ2) is 5.11. The van der Waals surface area contributed by atoms with Crippen molar-refractivity contribution in [2.75, 3.05) is 0 Å². The first-order valence-corrected chi connectivity index (χ1v) is 7.84. The summed E-state index contributed by atoms with van der Waals surface area (Å²) in [5, 5.41) is 1.04. The van der Waals surface area contributed by atoms with E-state index >= 15 is 0 Å². The Labute approximate surface area is 135 Å². The van der Waals surface area contributed by atoms with E-state index in [9.17, 15) is 4.79 Å². The molecule has 1 aliphatic heterocycles. The van der Waals surface area contributed by atoms with Gasteiger partial charge in [-0.15, -0.1) is 0 Å². The molecule has 112 valence electrons. The second-order valence-electron chi connectivity index (χ2n) is 5.35. The van der Waals surface area contributed by atoms with E-state index in [1.165, 1.54) is 0 Å². The first-order chi connectivity index (χ1) is 10.6. The maximum atomic E-state index is 12.6. The molecule has 0 saturated carbocycles. The summed E-state index contributed by atoms with van der Waals surface area (Å²) in [5.74, 6) is 1.34. The van der Waals surface area contributed by atoms with Crippen LogP contribution < -0.4 is 5.56 Å². The first-order valence-electron chi connectivity index (χ1n) is 7.08. The second-order valence-corrected chi connectivity index (χ2v) is 6.19. The van der Waals surface area contributed by atoms with Crippen LogP contribution in [-0.4, -0.2) is 19.5 Å². The SMILES string of the molecule is O=c1c2[nH]c(-c3ccc(Cl)cc3Cl)nc2nc2n1CCCC2. The molecule has 0 spiro atoms. The lowest BCUT2D eigenvalue weighted by Gasteiger charge is -2.16. The number of fused-ring (bicyclic) bond motifs is 2. The van der Waals surface area contributed by atoms with Gasteiger partial charge in [0.05, 0.1) is 5.02 Å². The number of H-pyrrole nitrogens is 1. The highest BCUT2D eigenvalue weighted by Gasteiger charge is 2.18. The lowest BCUT2D eigenvalue weighted by molar-refractivity contribution is 0.500. The number of aromatic nitrogens is 4. The third-order valence-corrected chi connectivity index (χ3v) is 4.46. The predicted octanol–water partition coefficient (Wildman–Crippen LogP) is 3.43. The number of hydrogen-bond acceptors (Lipinski definition) is 3. The smallest absolute Gasteiger partial charge is 0.279 e. The van der Waals surface area contributed by atoms with Gasteiger partial charge in [-0.1, -0.05) is 23.2 Å². The molecule has 5 nitrogen and oxygen atoms in total. The third kappa shape index (κ3) is 2.12. The molecular weight excluding hydrogens is 323 g/mol. The Balaban J connectivity index is 1.94. The van der Waals surface area contributed by atoms with E-state index in [1.807, 2.05) is 0 Å². The molecule has 2 aromatic heterocycles. The molecule has 3 aromatic rings. The molecule has 7 heteroatoms. The van der Waals surface area contributed by atoms with Crippen LogP contribution in [0.15, 0.2) is 23.0 Å². The van der Waals surface area contributed by atoms with Crippen molar-refractivity contribution in [3.63, 3.8) is 0 Å². The van der Waals surface area contributed by atoms with Crippen LogP contribution in [0, 0.1) is 0 Å². The summed E-state index contributed by atoms with van der Waals surface area (Å²) in [6, 6.07) is 5.16. The quantitative estimate of drug-likeness (QED) is 0.741. The van der Waals surface area contributed by atoms with Crippen molar-refractivity contribution in [3.05, 3.63) is 44.4 Å². The molecule has 3 heterocycles. The maximum absolute atomic E-state index is 12.6. The average Bonchev–Trinajstić information content (AvgIpc) is 2.91. The summed E-state index contributed by atoms with van der Waals surface area (Å²) in [6.07, 6.45) is 2.87. The van der Waals surface area contributed by atoms with E-state index in [0.29, 0.717) is 39.1 Å². The van der Waals surface area contributed by atoms with Crippen LogP contribution in [0.5, 0.6) is 0 Å². The van der Waals surface area contributed by atoms with Gasteiger partial charge in [0.15, 0.2) is 11.2 Å². The number of rotatable bonds is 1. The summed E-state index contributed by atoms with van der Waals surface area (Å²) >= 11 is 12.1. The summed E-state index contributed by atoms with van der Waals surface area (Å²) in [5.41, 5.74) is 1.50. The van der Waals surface area contributed by atoms with Gasteiger partial charge >= 0.3 is 0 Å². The molecule has 0 fully saturated rings. The van der Waals surface area contributed by atoms with Gasteiger partial charge in [0.2, 0.25) is 0 Å². The Bertz CT molecular complexity index is 945. The highest BCUT2D eigenvalue weighted by Crippen LogP contribution is 2.29. The first kappa shape index (κ1) is 13.8. The van der Waals surface area contributed by atoms with Crippen molar-refractivity contribution in [1.82, 2.24) is 19.5 Å². The zero-order valence-corrected chi connectivity index (χ0v) is 13.1. The van der Waals surface area contributed by atoms with Crippen molar-refractivity contribution < 1.29 is 0 Å². The molecule has 22 heavy (non-hydrogen) atoms. The molecular formula is C15H12Cl2N4O. The van der Waals surface area contributed by atoms with Crippen LogP contribution in [0.4, 0.5) is 0 Å². The Kier molecular flexibility index (Phi) is 3.20. The van der Waals surface area contributed by atoms with E-state index < -0.39 is 0 Å². The normalized spacial score (nSPS) is 14.3. The Morgan fingerprint density at radius 2 is 2.05 bits per heavy atom. The highest BCUT2D eigenvalue weighted by molar-refractivity contribution is 6.36. The lowest BCUT2D eigenvalue weighted by atomic mass is 10.1. The highest BCUT2D eigenvalue weighted by atomic mass is 35.5. The van der Waals surface area contributed by atoms with Gasteiger partial charge in [-0.3, -0.25) is 9.36 Å². The molecule has 0 atom stereocenters. The number of nitrogens with one attached hydrogen (secondary N) is 1. The number of hydrogen-bond donors (Lipinski definition) is 1. The van der Waals surface area contributed by atoms with Crippen molar-refractivity contribution in [1.29, 1.82) is 0 Å². The number of imidazole rings is 1. The molecule has 0 aliphatic carbocycles. The van der Waals surface area contributed by atoms with Crippen molar-refractivity contribution in [3.8, 4) is 11.4 Å². The predicted molar refractivity (Wildman–Crippen MR) is 86.5 cm³/mol. The number of aromatic amines is 1. The van der Waals surface area contributed by atoms with Gasteiger partial charge < -0.3 is 4.98 Å². The van der Waals surface area contributed by atoms with E-state index in [4.69, 9.17) is 23.2 Å². The topological polar surface area (TPSA) is 63.6 Å². The standard InChI is InChI=1S/C15H12Cl2N4O/c16-8-4-5-9(10(17)7-8)13-19-12-14(20-13)18-11-3-1-2-6-21(11)15(12)22/h4-5,7H,1-3,6H2,(H,19,20). The Hall–Kier alpha value is -1.85. The van der Waals surface area contributed by atoms with Crippen molar-refractivity contribution in [2.24, 2.45) is 0 Å². The molecule has 0 amide bonds. The van der Waals surface area contributed by atoms with Crippen molar-refractivity contribution >= 4 is 34.4 Å². The van der Waals surface area contributed by atoms with Gasteiger partial charge in [-0.25, -0.2) is 9.97 Å². The minimum atomic E-state index is -0.0662. The number of aryl methyl sites for hydroxylation is 1. The van der Waals surface area contributed by atoms with E-state index in [2.05, 4.69) is 15.0 Å². The van der Waals surface area contributed by atoms with Gasteiger partial charge in [0.1, 0.15) is 11.6 Å². The van der Waals surface area contributed by atoms with Crippen LogP contribution in [0.25, 0.3) is 22.6 Å². The maximum Gasteiger partial charge on any atom is 0.279 e. The fourth-order valence-electron chi connectivity index (χ4n) is 2.81. The van der Waals surface area contributed by atoms with Crippen LogP contribution in [-0.2, 0) is 13.0 Å². The molecule has 0 bridgehead atoms. The van der Waals surface area contributed by atoms with Gasteiger partial charge in [0, 0.05) is 23.6 Å². The van der Waals surface area contributed by atoms with Crippen LogP contribution >= 0.6 is 23.2 Å². The largest absolute Gasteiger partial charge is 0.332 e. The fourth-order valence-corrected chi connectivity index (χ4v) is 3.31. The molecule has 1 N–H and O–H groups in total. The summed E-state index contributed by atoms with van der Waals surface area (Å²) < 4.78 is 1.73. The zero-order valence-electron chi connectivity index (χ0n) is 11.6. The molecule has 4 rings (SSSR count). The average molecular weight is 335 g/mol. The van der Waals surface area contributed by atoms with Crippen LogP contribution in [0.2, 0.25) is 10.0 Å². The third-order valence-electron chi connectivity index (χ3n) is 3.91.